The van der Waals surface area contributed by atoms with Gasteiger partial charge in [0.05, 0.1) is 18.2 Å². The monoisotopic (exact) mass is 178 g/mol. The van der Waals surface area contributed by atoms with Crippen LogP contribution in [-0.2, 0) is 6.42 Å². The largest absolute Gasteiger partial charge is 0.369 e. The maximum absolute atomic E-state index is 4.25. The normalized spacial score (nSPS) is 10.7. The lowest BCUT2D eigenvalue weighted by Gasteiger charge is -2.03. The average Bonchev–Trinajstić information content (AvgIpc) is 2.15. The molecule has 0 saturated carbocycles. The Kier molecular flexibility index (Phi) is 3.37. The average molecular weight is 178 g/mol. The fraction of sp³-hybridized carbons (Fsp3) is 0.444. The summed E-state index contributed by atoms with van der Waals surface area (Å²) < 4.78 is 0. The van der Waals surface area contributed by atoms with Crippen LogP contribution in [0.25, 0.3) is 0 Å². The maximum Gasteiger partial charge on any atom is 0.115 e. The molecule has 0 aliphatic rings. The molecule has 0 fully saturated rings. The van der Waals surface area contributed by atoms with E-state index in [2.05, 4.69) is 21.9 Å². The fourth-order valence-electron chi connectivity index (χ4n) is 0.906. The predicted octanol–water partition coefficient (Wildman–Crippen LogP) is 1.26. The van der Waals surface area contributed by atoms with Gasteiger partial charge in [0.1, 0.15) is 12.0 Å². The van der Waals surface area contributed by atoms with Crippen molar-refractivity contribution < 1.29 is 0 Å². The number of aliphatic imine (C=N–C) groups is 1. The van der Waals surface area contributed by atoms with Crippen LogP contribution in [0.2, 0.25) is 0 Å². The van der Waals surface area contributed by atoms with E-state index >= 15 is 0 Å². The smallest absolute Gasteiger partial charge is 0.115 e. The summed E-state index contributed by atoms with van der Waals surface area (Å²) in [6.07, 6.45) is 5.90. The van der Waals surface area contributed by atoms with Crippen LogP contribution in [0.3, 0.4) is 0 Å². The highest BCUT2D eigenvalue weighted by Crippen LogP contribution is 2.13. The fourth-order valence-corrected chi connectivity index (χ4v) is 0.906. The summed E-state index contributed by atoms with van der Waals surface area (Å²) in [6.45, 7) is 2.05. The van der Waals surface area contributed by atoms with Crippen LogP contribution < -0.4 is 0 Å². The Morgan fingerprint density at radius 3 is 2.92 bits per heavy atom. The summed E-state index contributed by atoms with van der Waals surface area (Å²) in [5.74, 6) is 0. The topological polar surface area (TPSA) is 41.4 Å². The molecular weight excluding hydrogens is 164 g/mol. The molecule has 1 aromatic rings. The van der Waals surface area contributed by atoms with Gasteiger partial charge in [-0.15, -0.1) is 0 Å². The van der Waals surface area contributed by atoms with Gasteiger partial charge in [-0.3, -0.25) is 0 Å². The minimum Gasteiger partial charge on any atom is -0.369 e. The number of hydrogen-bond acceptors (Lipinski definition) is 3. The molecule has 0 radical (unpaired) electrons. The Morgan fingerprint density at radius 1 is 1.54 bits per heavy atom. The van der Waals surface area contributed by atoms with Gasteiger partial charge in [0.2, 0.25) is 0 Å². The third-order valence-corrected chi connectivity index (χ3v) is 1.54. The SMILES string of the molecule is CCc1ncncc1/N=C/N(C)C. The van der Waals surface area contributed by atoms with Crippen molar-refractivity contribution in [2.24, 2.45) is 4.99 Å². The standard InChI is InChI=1S/C9H14N4/c1-4-8-9(5-10-6-11-8)12-7-13(2)3/h5-7H,4H2,1-3H3/b12-7+. The van der Waals surface area contributed by atoms with Crippen molar-refractivity contribution in [3.63, 3.8) is 0 Å². The van der Waals surface area contributed by atoms with Gasteiger partial charge in [-0.05, 0) is 6.42 Å². The second kappa shape index (κ2) is 4.54. The van der Waals surface area contributed by atoms with Crippen LogP contribution in [-0.4, -0.2) is 35.3 Å². The molecule has 0 N–H and O–H groups in total. The van der Waals surface area contributed by atoms with E-state index in [0.717, 1.165) is 17.8 Å². The van der Waals surface area contributed by atoms with Gasteiger partial charge < -0.3 is 4.90 Å². The first-order chi connectivity index (χ1) is 6.24. The minimum absolute atomic E-state index is 0.846. The number of rotatable bonds is 3. The minimum atomic E-state index is 0.846. The second-order valence-corrected chi connectivity index (χ2v) is 2.92. The number of nitrogens with zero attached hydrogens (tertiary/aromatic N) is 4. The summed E-state index contributed by atoms with van der Waals surface area (Å²) in [4.78, 5) is 14.2. The van der Waals surface area contributed by atoms with Crippen molar-refractivity contribution in [1.29, 1.82) is 0 Å². The zero-order valence-corrected chi connectivity index (χ0v) is 8.23. The summed E-state index contributed by atoms with van der Waals surface area (Å²) in [6, 6.07) is 0. The summed E-state index contributed by atoms with van der Waals surface area (Å²) in [5.41, 5.74) is 1.83. The lowest BCUT2D eigenvalue weighted by molar-refractivity contribution is 0.643. The molecule has 4 heteroatoms. The molecule has 13 heavy (non-hydrogen) atoms. The Labute approximate surface area is 78.4 Å². The molecule has 0 amide bonds. The molecule has 4 nitrogen and oxygen atoms in total. The van der Waals surface area contributed by atoms with Crippen LogP contribution in [0.5, 0.6) is 0 Å². The van der Waals surface area contributed by atoms with E-state index in [1.54, 1.807) is 18.9 Å². The first-order valence-electron chi connectivity index (χ1n) is 4.23. The second-order valence-electron chi connectivity index (χ2n) is 2.92. The van der Waals surface area contributed by atoms with Crippen LogP contribution >= 0.6 is 0 Å². The molecule has 0 aliphatic carbocycles. The van der Waals surface area contributed by atoms with Crippen LogP contribution in [0, 0.1) is 0 Å². The van der Waals surface area contributed by atoms with E-state index in [1.165, 1.54) is 0 Å². The van der Waals surface area contributed by atoms with E-state index in [1.807, 2.05) is 19.0 Å². The summed E-state index contributed by atoms with van der Waals surface area (Å²) in [7, 11) is 3.86. The molecule has 0 atom stereocenters. The van der Waals surface area contributed by atoms with Crippen molar-refractivity contribution >= 4 is 12.0 Å². The lowest BCUT2D eigenvalue weighted by atomic mass is 10.3. The maximum atomic E-state index is 4.25. The van der Waals surface area contributed by atoms with E-state index in [4.69, 9.17) is 0 Å². The van der Waals surface area contributed by atoms with Crippen LogP contribution in [0.15, 0.2) is 17.5 Å². The molecule has 0 spiro atoms. The number of hydrogen-bond donors (Lipinski definition) is 0. The van der Waals surface area contributed by atoms with Crippen molar-refractivity contribution in [3.8, 4) is 0 Å². The highest BCUT2D eigenvalue weighted by Gasteiger charge is 1.98. The quantitative estimate of drug-likeness (QED) is 0.517. The van der Waals surface area contributed by atoms with E-state index in [0.29, 0.717) is 0 Å². The van der Waals surface area contributed by atoms with Gasteiger partial charge >= 0.3 is 0 Å². The first kappa shape index (κ1) is 9.64. The third-order valence-electron chi connectivity index (χ3n) is 1.54. The van der Waals surface area contributed by atoms with Crippen LogP contribution in [0.1, 0.15) is 12.6 Å². The van der Waals surface area contributed by atoms with Crippen molar-refractivity contribution in [2.45, 2.75) is 13.3 Å². The third kappa shape index (κ3) is 2.82. The van der Waals surface area contributed by atoms with Gasteiger partial charge in [0.25, 0.3) is 0 Å². The molecule has 0 aliphatic heterocycles. The number of aromatic nitrogens is 2. The highest BCUT2D eigenvalue weighted by atomic mass is 15.1. The first-order valence-corrected chi connectivity index (χ1v) is 4.23. The Morgan fingerprint density at radius 2 is 2.31 bits per heavy atom. The zero-order chi connectivity index (χ0) is 9.68. The van der Waals surface area contributed by atoms with E-state index < -0.39 is 0 Å². The van der Waals surface area contributed by atoms with Crippen LogP contribution in [0.4, 0.5) is 5.69 Å². The molecule has 0 aromatic carbocycles. The van der Waals surface area contributed by atoms with Gasteiger partial charge in [0, 0.05) is 14.1 Å². The molecular formula is C9H14N4. The van der Waals surface area contributed by atoms with Crippen molar-refractivity contribution in [2.75, 3.05) is 14.1 Å². The van der Waals surface area contributed by atoms with Crippen molar-refractivity contribution in [3.05, 3.63) is 18.2 Å². The zero-order valence-electron chi connectivity index (χ0n) is 8.23. The molecule has 0 unspecified atom stereocenters. The molecule has 1 heterocycles. The van der Waals surface area contributed by atoms with Gasteiger partial charge in [-0.2, -0.15) is 0 Å². The van der Waals surface area contributed by atoms with Gasteiger partial charge in [0.15, 0.2) is 0 Å². The van der Waals surface area contributed by atoms with Gasteiger partial charge in [-0.1, -0.05) is 6.92 Å². The molecule has 0 saturated heterocycles. The Balaban J connectivity index is 2.87. The summed E-state index contributed by atoms with van der Waals surface area (Å²) >= 11 is 0. The molecule has 70 valence electrons. The van der Waals surface area contributed by atoms with E-state index in [-0.39, 0.29) is 0 Å². The molecule has 1 rings (SSSR count). The predicted molar refractivity (Wildman–Crippen MR) is 53.2 cm³/mol. The van der Waals surface area contributed by atoms with Gasteiger partial charge in [-0.25, -0.2) is 15.0 Å². The van der Waals surface area contributed by atoms with Crippen molar-refractivity contribution in [1.82, 2.24) is 14.9 Å². The summed E-state index contributed by atoms with van der Waals surface area (Å²) in [5, 5.41) is 0. The highest BCUT2D eigenvalue weighted by molar-refractivity contribution is 5.61. The Hall–Kier alpha value is -1.45. The molecule has 1 aromatic heterocycles. The Bertz CT molecular complexity index is 293. The van der Waals surface area contributed by atoms with E-state index in [9.17, 15) is 0 Å². The lowest BCUT2D eigenvalue weighted by Crippen LogP contribution is -2.07. The number of aryl methyl sites for hydroxylation is 1. The molecule has 0 bridgehead atoms.